The topological polar surface area (TPSA) is 99.1 Å². The van der Waals surface area contributed by atoms with E-state index in [0.29, 0.717) is 19.3 Å². The summed E-state index contributed by atoms with van der Waals surface area (Å²) >= 11 is 0. The van der Waals surface area contributed by atoms with Crippen LogP contribution in [0.25, 0.3) is 0 Å². The highest BCUT2D eigenvalue weighted by Crippen LogP contribution is 2.17. The quantitative estimate of drug-likeness (QED) is 0.0281. The lowest BCUT2D eigenvalue weighted by Gasteiger charge is -2.31. The van der Waals surface area contributed by atoms with Gasteiger partial charge in [-0.25, -0.2) is 4.79 Å². The summed E-state index contributed by atoms with van der Waals surface area (Å²) in [6.45, 7) is 4.75. The molecule has 0 saturated heterocycles. The van der Waals surface area contributed by atoms with E-state index in [1.807, 2.05) is 21.1 Å². The highest BCUT2D eigenvalue weighted by molar-refractivity contribution is 5.72. The third kappa shape index (κ3) is 43.1. The normalized spacial score (nSPS) is 13.0. The van der Waals surface area contributed by atoms with E-state index in [2.05, 4.69) is 38.2 Å². The number of allylic oxidation sites excluding steroid dienone is 4. The predicted molar refractivity (Wildman–Crippen MR) is 262 cm³/mol. The van der Waals surface area contributed by atoms with Gasteiger partial charge in [0.15, 0.2) is 12.1 Å². The second kappa shape index (κ2) is 45.4. The minimum Gasteiger partial charge on any atom is -0.477 e. The third-order valence-electron chi connectivity index (χ3n) is 12.1. The van der Waals surface area contributed by atoms with Crippen molar-refractivity contribution in [1.29, 1.82) is 0 Å². The molecule has 0 spiro atoms. The standard InChI is InChI=1S/C54H101NO7/c1-6-8-10-12-14-16-18-20-22-24-25-26-27-29-30-32-34-36-38-40-42-44-52(56)61-49-50(48-60-47-46-51(54(58)59)55(3,4)5)62-53(57)45-43-41-39-37-35-33-31-28-23-21-19-17-15-13-11-9-7-2/h15,17,21,23,50-51H,6-14,16,18-20,22,24-49H2,1-5H3/p+1/b17-15-,23-21-. The number of esters is 2. The van der Waals surface area contributed by atoms with Crippen molar-refractivity contribution >= 4 is 17.9 Å². The van der Waals surface area contributed by atoms with Crippen molar-refractivity contribution in [3.63, 3.8) is 0 Å². The number of carbonyl (C=O) groups excluding carboxylic acids is 2. The van der Waals surface area contributed by atoms with Crippen LogP contribution in [0.2, 0.25) is 0 Å². The Morgan fingerprint density at radius 3 is 1.27 bits per heavy atom. The molecule has 0 aromatic heterocycles. The van der Waals surface area contributed by atoms with Crippen LogP contribution in [-0.2, 0) is 28.6 Å². The predicted octanol–water partition coefficient (Wildman–Crippen LogP) is 15.2. The third-order valence-corrected chi connectivity index (χ3v) is 12.1. The Morgan fingerprint density at radius 2 is 0.855 bits per heavy atom. The summed E-state index contributed by atoms with van der Waals surface area (Å²) in [6, 6.07) is -0.614. The number of hydrogen-bond donors (Lipinski definition) is 1. The molecule has 0 bridgehead atoms. The molecule has 2 unspecified atom stereocenters. The molecule has 364 valence electrons. The van der Waals surface area contributed by atoms with Crippen LogP contribution in [0.4, 0.5) is 0 Å². The second-order valence-electron chi connectivity index (χ2n) is 19.1. The molecule has 0 amide bonds. The van der Waals surface area contributed by atoms with Gasteiger partial charge >= 0.3 is 17.9 Å². The van der Waals surface area contributed by atoms with Crippen LogP contribution in [0.1, 0.15) is 251 Å². The molecule has 0 aromatic rings. The van der Waals surface area contributed by atoms with Crippen molar-refractivity contribution in [2.24, 2.45) is 0 Å². The lowest BCUT2D eigenvalue weighted by Crippen LogP contribution is -2.50. The van der Waals surface area contributed by atoms with Crippen LogP contribution in [0.15, 0.2) is 24.3 Å². The number of carboxylic acid groups (broad SMARTS) is 1. The molecule has 2 atom stereocenters. The first-order valence-electron chi connectivity index (χ1n) is 26.4. The van der Waals surface area contributed by atoms with Crippen molar-refractivity contribution in [2.75, 3.05) is 41.0 Å². The summed E-state index contributed by atoms with van der Waals surface area (Å²) in [5.41, 5.74) is 0. The fourth-order valence-electron chi connectivity index (χ4n) is 8.01. The Bertz CT molecular complexity index is 1070. The van der Waals surface area contributed by atoms with Crippen molar-refractivity contribution in [2.45, 2.75) is 264 Å². The van der Waals surface area contributed by atoms with E-state index < -0.39 is 18.1 Å². The summed E-state index contributed by atoms with van der Waals surface area (Å²) in [6.07, 6.45) is 52.3. The number of hydrogen-bond acceptors (Lipinski definition) is 6. The molecular formula is C54H102NO7+. The monoisotopic (exact) mass is 877 g/mol. The largest absolute Gasteiger partial charge is 0.477 e. The molecule has 62 heavy (non-hydrogen) atoms. The van der Waals surface area contributed by atoms with E-state index in [1.54, 1.807) is 0 Å². The maximum atomic E-state index is 12.8. The highest BCUT2D eigenvalue weighted by Gasteiger charge is 2.31. The molecule has 0 fully saturated rings. The number of nitrogens with zero attached hydrogens (tertiary/aromatic N) is 1. The average Bonchev–Trinajstić information content (AvgIpc) is 3.23. The molecular weight excluding hydrogens is 775 g/mol. The van der Waals surface area contributed by atoms with Gasteiger partial charge in [-0.2, -0.15) is 0 Å². The lowest BCUT2D eigenvalue weighted by molar-refractivity contribution is -0.887. The number of aliphatic carboxylic acids is 1. The van der Waals surface area contributed by atoms with E-state index in [-0.39, 0.29) is 36.2 Å². The molecule has 8 nitrogen and oxygen atoms in total. The number of rotatable bonds is 48. The van der Waals surface area contributed by atoms with Gasteiger partial charge in [0.05, 0.1) is 34.4 Å². The first-order valence-corrected chi connectivity index (χ1v) is 26.4. The Hall–Kier alpha value is -2.19. The minimum absolute atomic E-state index is 0.0492. The van der Waals surface area contributed by atoms with Gasteiger partial charge < -0.3 is 23.8 Å². The number of unbranched alkanes of at least 4 members (excludes halogenated alkanes) is 30. The molecule has 0 aliphatic rings. The maximum absolute atomic E-state index is 12.8. The van der Waals surface area contributed by atoms with Crippen molar-refractivity contribution in [3.05, 3.63) is 24.3 Å². The Labute approximate surface area is 383 Å². The molecule has 0 radical (unpaired) electrons. The number of ether oxygens (including phenoxy) is 3. The van der Waals surface area contributed by atoms with Crippen LogP contribution < -0.4 is 0 Å². The van der Waals surface area contributed by atoms with E-state index in [0.717, 1.165) is 51.4 Å². The van der Waals surface area contributed by atoms with E-state index in [4.69, 9.17) is 14.2 Å². The summed E-state index contributed by atoms with van der Waals surface area (Å²) in [7, 11) is 5.54. The van der Waals surface area contributed by atoms with Gasteiger partial charge in [-0.1, -0.05) is 212 Å². The van der Waals surface area contributed by atoms with Gasteiger partial charge in [-0.15, -0.1) is 0 Å². The molecule has 0 saturated carbocycles. The zero-order valence-corrected chi connectivity index (χ0v) is 41.6. The van der Waals surface area contributed by atoms with Gasteiger partial charge in [0.25, 0.3) is 0 Å². The smallest absolute Gasteiger partial charge is 0.362 e. The van der Waals surface area contributed by atoms with Crippen LogP contribution in [0.3, 0.4) is 0 Å². The van der Waals surface area contributed by atoms with Crippen molar-refractivity contribution in [1.82, 2.24) is 0 Å². The van der Waals surface area contributed by atoms with Gasteiger partial charge in [0, 0.05) is 19.3 Å². The molecule has 8 heteroatoms. The molecule has 0 aromatic carbocycles. The van der Waals surface area contributed by atoms with Crippen LogP contribution >= 0.6 is 0 Å². The lowest BCUT2D eigenvalue weighted by atomic mass is 10.0. The van der Waals surface area contributed by atoms with Crippen molar-refractivity contribution < 1.29 is 38.2 Å². The van der Waals surface area contributed by atoms with Gasteiger partial charge in [-0.05, 0) is 44.9 Å². The SMILES string of the molecule is CCCCC/C=C\C/C=C\CCCCCCCCCC(=O)OC(COCCC(C(=O)O)[N+](C)(C)C)COC(=O)CCCCCCCCCCCCCCCCCCCCCCC. The number of likely N-dealkylation sites (N-methyl/N-ethyl adjacent to an activating group) is 1. The summed E-state index contributed by atoms with van der Waals surface area (Å²) in [5.74, 6) is -1.46. The maximum Gasteiger partial charge on any atom is 0.362 e. The van der Waals surface area contributed by atoms with E-state index in [9.17, 15) is 19.5 Å². The van der Waals surface area contributed by atoms with E-state index >= 15 is 0 Å². The Balaban J connectivity index is 4.19. The molecule has 0 heterocycles. The Morgan fingerprint density at radius 1 is 0.484 bits per heavy atom. The zero-order chi connectivity index (χ0) is 45.6. The van der Waals surface area contributed by atoms with Crippen LogP contribution in [0.5, 0.6) is 0 Å². The van der Waals surface area contributed by atoms with Gasteiger partial charge in [-0.3, -0.25) is 9.59 Å². The molecule has 0 rings (SSSR count). The first-order chi connectivity index (χ1) is 30.1. The van der Waals surface area contributed by atoms with E-state index in [1.165, 1.54) is 167 Å². The van der Waals surface area contributed by atoms with Crippen LogP contribution in [0, 0.1) is 0 Å². The molecule has 1 N–H and O–H groups in total. The number of quaternary nitrogens is 1. The molecule has 0 aliphatic carbocycles. The van der Waals surface area contributed by atoms with Gasteiger partial charge in [0.2, 0.25) is 0 Å². The highest BCUT2D eigenvalue weighted by atomic mass is 16.6. The van der Waals surface area contributed by atoms with Crippen LogP contribution in [-0.4, -0.2) is 80.6 Å². The fourth-order valence-corrected chi connectivity index (χ4v) is 8.01. The zero-order valence-electron chi connectivity index (χ0n) is 41.6. The fraction of sp³-hybridized carbons (Fsp3) is 0.870. The first kappa shape index (κ1) is 59.8. The Kier molecular flexibility index (Phi) is 43.8. The summed E-state index contributed by atoms with van der Waals surface area (Å²) < 4.78 is 17.4. The minimum atomic E-state index is -0.873. The average molecular weight is 877 g/mol. The summed E-state index contributed by atoms with van der Waals surface area (Å²) in [5, 5.41) is 9.65. The summed E-state index contributed by atoms with van der Waals surface area (Å²) in [4.78, 5) is 37.2. The number of carboxylic acids is 1. The van der Waals surface area contributed by atoms with Crippen molar-refractivity contribution in [3.8, 4) is 0 Å². The number of carbonyl (C=O) groups is 3. The molecule has 0 aliphatic heterocycles. The van der Waals surface area contributed by atoms with Gasteiger partial charge in [0.1, 0.15) is 6.61 Å². The second-order valence-corrected chi connectivity index (χ2v) is 19.1.